The summed E-state index contributed by atoms with van der Waals surface area (Å²) in [5, 5.41) is 16.0. The third-order valence-corrected chi connectivity index (χ3v) is 3.99. The normalized spacial score (nSPS) is 10.1. The van der Waals surface area contributed by atoms with Crippen LogP contribution in [0.1, 0.15) is 19.3 Å². The molecular weight excluding hydrogens is 402 g/mol. The number of nitro benzene ring substituents is 1. The lowest BCUT2D eigenvalue weighted by atomic mass is 10.2. The number of para-hydroxylation sites is 1. The van der Waals surface area contributed by atoms with E-state index < -0.39 is 23.4 Å². The van der Waals surface area contributed by atoms with Gasteiger partial charge in [-0.15, -0.1) is 0 Å². The van der Waals surface area contributed by atoms with E-state index in [1.807, 2.05) is 0 Å². The topological polar surface area (TPSA) is 128 Å². The van der Waals surface area contributed by atoms with Crippen LogP contribution in [0.3, 0.4) is 0 Å². The lowest BCUT2D eigenvalue weighted by molar-refractivity contribution is -0.384. The first-order valence-corrected chi connectivity index (χ1v) is 8.97. The van der Waals surface area contributed by atoms with Gasteiger partial charge in [0.15, 0.2) is 6.61 Å². The number of halogens is 1. The fourth-order valence-corrected chi connectivity index (χ4v) is 2.43. The lowest BCUT2D eigenvalue weighted by Crippen LogP contribution is -2.21. The first-order chi connectivity index (χ1) is 13.8. The molecule has 29 heavy (non-hydrogen) atoms. The van der Waals surface area contributed by atoms with Crippen LogP contribution in [0.25, 0.3) is 0 Å². The summed E-state index contributed by atoms with van der Waals surface area (Å²) in [6.07, 6.45) is 0.245. The van der Waals surface area contributed by atoms with Gasteiger partial charge in [0, 0.05) is 30.7 Å². The highest BCUT2D eigenvalue weighted by molar-refractivity contribution is 6.33. The Morgan fingerprint density at radius 1 is 0.966 bits per heavy atom. The Morgan fingerprint density at radius 3 is 2.31 bits per heavy atom. The van der Waals surface area contributed by atoms with Crippen LogP contribution in [-0.4, -0.2) is 29.3 Å². The van der Waals surface area contributed by atoms with Crippen LogP contribution in [0.15, 0.2) is 48.5 Å². The number of nitrogens with zero attached hydrogens (tertiary/aromatic N) is 1. The van der Waals surface area contributed by atoms with Crippen molar-refractivity contribution in [2.24, 2.45) is 0 Å². The number of nitrogens with one attached hydrogen (secondary N) is 2. The van der Waals surface area contributed by atoms with Crippen molar-refractivity contribution in [2.75, 3.05) is 17.2 Å². The molecule has 152 valence electrons. The van der Waals surface area contributed by atoms with Crippen LogP contribution in [0.4, 0.5) is 17.1 Å². The summed E-state index contributed by atoms with van der Waals surface area (Å²) in [5.74, 6) is -1.48. The average Bonchev–Trinajstić information content (AvgIpc) is 2.68. The van der Waals surface area contributed by atoms with Gasteiger partial charge in [-0.05, 0) is 30.7 Å². The highest BCUT2D eigenvalue weighted by Crippen LogP contribution is 2.20. The number of carbonyl (C=O) groups is 3. The molecule has 0 bridgehead atoms. The summed E-state index contributed by atoms with van der Waals surface area (Å²) in [7, 11) is 0. The molecule has 0 atom stereocenters. The zero-order chi connectivity index (χ0) is 21.2. The van der Waals surface area contributed by atoms with Crippen molar-refractivity contribution in [1.29, 1.82) is 0 Å². The van der Waals surface area contributed by atoms with Crippen molar-refractivity contribution in [2.45, 2.75) is 19.3 Å². The summed E-state index contributed by atoms with van der Waals surface area (Å²) in [4.78, 5) is 45.3. The van der Waals surface area contributed by atoms with Gasteiger partial charge in [0.05, 0.1) is 15.6 Å². The number of carbonyl (C=O) groups excluding carboxylic acids is 3. The van der Waals surface area contributed by atoms with Gasteiger partial charge in [-0.3, -0.25) is 24.5 Å². The summed E-state index contributed by atoms with van der Waals surface area (Å²) in [5.41, 5.74) is 0.752. The number of hydrogen-bond acceptors (Lipinski definition) is 6. The molecule has 0 aromatic heterocycles. The first-order valence-electron chi connectivity index (χ1n) is 8.59. The van der Waals surface area contributed by atoms with E-state index in [2.05, 4.69) is 10.6 Å². The van der Waals surface area contributed by atoms with E-state index in [-0.39, 0.29) is 30.9 Å². The minimum absolute atomic E-state index is 0.0347. The van der Waals surface area contributed by atoms with Crippen LogP contribution in [0, 0.1) is 10.1 Å². The smallest absolute Gasteiger partial charge is 0.306 e. The average molecular weight is 420 g/mol. The number of esters is 1. The summed E-state index contributed by atoms with van der Waals surface area (Å²) in [6, 6.07) is 12.0. The monoisotopic (exact) mass is 419 g/mol. The van der Waals surface area contributed by atoms with Gasteiger partial charge in [0.25, 0.3) is 11.6 Å². The van der Waals surface area contributed by atoms with E-state index in [1.165, 1.54) is 24.3 Å². The fourth-order valence-electron chi connectivity index (χ4n) is 2.25. The number of amides is 2. The molecule has 0 aliphatic rings. The zero-order valence-corrected chi connectivity index (χ0v) is 16.0. The number of nitro groups is 1. The number of anilines is 2. The molecule has 10 heteroatoms. The SMILES string of the molecule is O=C(CCCC(=O)OCC(=O)Nc1ccccc1Cl)Nc1ccc([N+](=O)[O-])cc1. The quantitative estimate of drug-likeness (QED) is 0.363. The first kappa shape index (κ1) is 21.8. The Labute approximate surface area is 171 Å². The van der Waals surface area contributed by atoms with E-state index in [0.29, 0.717) is 16.4 Å². The van der Waals surface area contributed by atoms with Gasteiger partial charge < -0.3 is 15.4 Å². The van der Waals surface area contributed by atoms with Crippen molar-refractivity contribution in [3.63, 3.8) is 0 Å². The van der Waals surface area contributed by atoms with Crippen LogP contribution < -0.4 is 10.6 Å². The molecular formula is C19H18ClN3O6. The highest BCUT2D eigenvalue weighted by atomic mass is 35.5. The van der Waals surface area contributed by atoms with Gasteiger partial charge in [-0.25, -0.2) is 0 Å². The van der Waals surface area contributed by atoms with Crippen molar-refractivity contribution < 1.29 is 24.0 Å². The van der Waals surface area contributed by atoms with Crippen molar-refractivity contribution in [3.8, 4) is 0 Å². The predicted octanol–water partition coefficient (Wildman–Crippen LogP) is 3.54. The number of ether oxygens (including phenoxy) is 1. The minimum Gasteiger partial charge on any atom is -0.456 e. The van der Waals surface area contributed by atoms with E-state index in [1.54, 1.807) is 24.3 Å². The van der Waals surface area contributed by atoms with E-state index in [4.69, 9.17) is 16.3 Å². The van der Waals surface area contributed by atoms with Gasteiger partial charge in [0.1, 0.15) is 0 Å². The van der Waals surface area contributed by atoms with Gasteiger partial charge >= 0.3 is 5.97 Å². The maximum Gasteiger partial charge on any atom is 0.306 e. The standard InChI is InChI=1S/C19H18ClN3O6/c20-15-4-1-2-5-16(15)22-18(25)12-29-19(26)7-3-6-17(24)21-13-8-10-14(11-9-13)23(27)28/h1-2,4-5,8-11H,3,6-7,12H2,(H,21,24)(H,22,25). The molecule has 0 radical (unpaired) electrons. The number of hydrogen-bond donors (Lipinski definition) is 2. The van der Waals surface area contributed by atoms with Gasteiger partial charge in [-0.2, -0.15) is 0 Å². The molecule has 2 amide bonds. The Kier molecular flexibility index (Phi) is 8.11. The Morgan fingerprint density at radius 2 is 1.66 bits per heavy atom. The molecule has 0 saturated heterocycles. The molecule has 0 fully saturated rings. The van der Waals surface area contributed by atoms with Crippen LogP contribution in [0.2, 0.25) is 5.02 Å². The number of benzene rings is 2. The van der Waals surface area contributed by atoms with Crippen molar-refractivity contribution >= 4 is 46.4 Å². The summed E-state index contributed by atoms with van der Waals surface area (Å²) < 4.78 is 4.86. The molecule has 0 aliphatic heterocycles. The zero-order valence-electron chi connectivity index (χ0n) is 15.2. The molecule has 2 aromatic carbocycles. The molecule has 2 aromatic rings. The Balaban J connectivity index is 1.64. The van der Waals surface area contributed by atoms with Crippen molar-refractivity contribution in [3.05, 3.63) is 63.7 Å². The second kappa shape index (κ2) is 10.8. The predicted molar refractivity (Wildman–Crippen MR) is 107 cm³/mol. The summed E-state index contributed by atoms with van der Waals surface area (Å²) >= 11 is 5.92. The molecule has 0 unspecified atom stereocenters. The van der Waals surface area contributed by atoms with E-state index in [0.717, 1.165) is 0 Å². The minimum atomic E-state index is -0.609. The number of non-ortho nitro benzene ring substituents is 1. The van der Waals surface area contributed by atoms with Crippen LogP contribution >= 0.6 is 11.6 Å². The molecule has 9 nitrogen and oxygen atoms in total. The molecule has 0 saturated carbocycles. The maximum atomic E-state index is 11.8. The number of rotatable bonds is 9. The molecule has 0 aliphatic carbocycles. The largest absolute Gasteiger partial charge is 0.456 e. The Hall–Kier alpha value is -3.46. The fraction of sp³-hybridized carbons (Fsp3) is 0.211. The molecule has 0 spiro atoms. The molecule has 2 rings (SSSR count). The second-order valence-corrected chi connectivity index (χ2v) is 6.30. The van der Waals surface area contributed by atoms with Crippen molar-refractivity contribution in [1.82, 2.24) is 0 Å². The van der Waals surface area contributed by atoms with E-state index >= 15 is 0 Å². The third-order valence-electron chi connectivity index (χ3n) is 3.66. The van der Waals surface area contributed by atoms with Gasteiger partial charge in [-0.1, -0.05) is 23.7 Å². The van der Waals surface area contributed by atoms with Crippen LogP contribution in [0.5, 0.6) is 0 Å². The molecule has 0 heterocycles. The molecule has 2 N–H and O–H groups in total. The highest BCUT2D eigenvalue weighted by Gasteiger charge is 2.11. The van der Waals surface area contributed by atoms with E-state index in [9.17, 15) is 24.5 Å². The maximum absolute atomic E-state index is 11.8. The second-order valence-electron chi connectivity index (χ2n) is 5.89. The van der Waals surface area contributed by atoms with Crippen LogP contribution in [-0.2, 0) is 19.1 Å². The summed E-state index contributed by atoms with van der Waals surface area (Å²) in [6.45, 7) is -0.459. The van der Waals surface area contributed by atoms with Gasteiger partial charge in [0.2, 0.25) is 5.91 Å². The lowest BCUT2D eigenvalue weighted by Gasteiger charge is -2.08. The third kappa shape index (κ3) is 7.59. The Bertz CT molecular complexity index is 901.